The third kappa shape index (κ3) is 2.46. The van der Waals surface area contributed by atoms with Crippen LogP contribution in [0.1, 0.15) is 5.56 Å². The molecule has 0 aliphatic rings. The molecule has 0 N–H and O–H groups in total. The van der Waals surface area contributed by atoms with E-state index in [1.54, 1.807) is 19.1 Å². The normalized spacial score (nSPS) is 10.7. The highest BCUT2D eigenvalue weighted by atomic mass is 79.9. The molecule has 1 aromatic carbocycles. The molecular weight excluding hydrogens is 318 g/mol. The fourth-order valence-corrected chi connectivity index (χ4v) is 2.57. The lowest BCUT2D eigenvalue weighted by molar-refractivity contribution is -0.141. The molecule has 0 saturated heterocycles. The second-order valence-electron chi connectivity index (χ2n) is 3.96. The summed E-state index contributed by atoms with van der Waals surface area (Å²) in [6, 6.07) is 3.34. The zero-order valence-corrected chi connectivity index (χ0v) is 11.8. The van der Waals surface area contributed by atoms with Crippen molar-refractivity contribution >= 4 is 32.8 Å². The maximum atomic E-state index is 11.7. The molecule has 0 aliphatic heterocycles. The molecule has 2 aromatic rings. The highest BCUT2D eigenvalue weighted by molar-refractivity contribution is 9.10. The van der Waals surface area contributed by atoms with Gasteiger partial charge in [-0.2, -0.15) is 0 Å². The maximum Gasteiger partial charge on any atom is 0.422 e. The molecule has 0 atom stereocenters. The second-order valence-corrected chi connectivity index (χ2v) is 4.81. The van der Waals surface area contributed by atoms with Crippen LogP contribution in [-0.4, -0.2) is 17.6 Å². The number of methoxy groups -OCH3 is 1. The predicted molar refractivity (Wildman–Crippen MR) is 71.2 cm³/mol. The molecule has 0 amide bonds. The van der Waals surface area contributed by atoms with Crippen LogP contribution in [0, 0.1) is 6.92 Å². The van der Waals surface area contributed by atoms with Gasteiger partial charge in [0.1, 0.15) is 6.54 Å². The summed E-state index contributed by atoms with van der Waals surface area (Å²) >= 11 is 3.29. The minimum absolute atomic E-state index is 0.232. The second kappa shape index (κ2) is 5.00. The standard InChI is InChI=1S/C12H10BrNO5/c1-6-3-7-10(8(13)4-6)14(5-9(15)18-2)12(17)19-11(7)16/h3-4H,5H2,1-2H3. The number of aryl methyl sites for hydroxylation is 1. The summed E-state index contributed by atoms with van der Waals surface area (Å²) in [6.07, 6.45) is 0. The zero-order valence-electron chi connectivity index (χ0n) is 10.2. The van der Waals surface area contributed by atoms with Crippen molar-refractivity contribution in [2.75, 3.05) is 7.11 Å². The van der Waals surface area contributed by atoms with Gasteiger partial charge in [0.25, 0.3) is 0 Å². The number of hydrogen-bond donors (Lipinski definition) is 0. The number of aromatic nitrogens is 1. The molecule has 1 heterocycles. The van der Waals surface area contributed by atoms with Crippen LogP contribution in [0.2, 0.25) is 0 Å². The number of esters is 1. The Hall–Kier alpha value is -1.89. The maximum absolute atomic E-state index is 11.7. The first kappa shape index (κ1) is 13.5. The lowest BCUT2D eigenvalue weighted by Gasteiger charge is -2.09. The Labute approximate surface area is 115 Å². The molecule has 0 radical (unpaired) electrons. The molecule has 0 fully saturated rings. The van der Waals surface area contributed by atoms with E-state index in [-0.39, 0.29) is 11.9 Å². The Balaban J connectivity index is 2.87. The highest BCUT2D eigenvalue weighted by Crippen LogP contribution is 2.22. The summed E-state index contributed by atoms with van der Waals surface area (Å²) in [4.78, 5) is 34.7. The van der Waals surface area contributed by atoms with Crippen LogP contribution in [0.4, 0.5) is 0 Å². The lowest BCUT2D eigenvalue weighted by atomic mass is 10.2. The topological polar surface area (TPSA) is 78.5 Å². The monoisotopic (exact) mass is 327 g/mol. The van der Waals surface area contributed by atoms with Crippen LogP contribution in [0.25, 0.3) is 10.9 Å². The van der Waals surface area contributed by atoms with Crippen molar-refractivity contribution in [1.29, 1.82) is 0 Å². The van der Waals surface area contributed by atoms with E-state index in [4.69, 9.17) is 0 Å². The summed E-state index contributed by atoms with van der Waals surface area (Å²) in [5.74, 6) is -1.50. The van der Waals surface area contributed by atoms with E-state index < -0.39 is 17.4 Å². The van der Waals surface area contributed by atoms with Gasteiger partial charge in [-0.15, -0.1) is 0 Å². The zero-order chi connectivity index (χ0) is 14.2. The van der Waals surface area contributed by atoms with Crippen LogP contribution in [-0.2, 0) is 16.1 Å². The molecule has 0 bridgehead atoms. The molecule has 19 heavy (non-hydrogen) atoms. The van der Waals surface area contributed by atoms with E-state index in [9.17, 15) is 14.4 Å². The summed E-state index contributed by atoms with van der Waals surface area (Å²) in [7, 11) is 1.22. The summed E-state index contributed by atoms with van der Waals surface area (Å²) < 4.78 is 10.7. The molecule has 2 rings (SSSR count). The minimum atomic E-state index is -0.896. The van der Waals surface area contributed by atoms with Gasteiger partial charge in [-0.3, -0.25) is 9.36 Å². The van der Waals surface area contributed by atoms with Gasteiger partial charge >= 0.3 is 17.4 Å². The van der Waals surface area contributed by atoms with Crippen molar-refractivity contribution in [3.05, 3.63) is 43.1 Å². The van der Waals surface area contributed by atoms with E-state index in [1.165, 1.54) is 7.11 Å². The first-order valence-corrected chi connectivity index (χ1v) is 6.14. The van der Waals surface area contributed by atoms with Crippen LogP contribution < -0.4 is 11.4 Å². The van der Waals surface area contributed by atoms with Crippen molar-refractivity contribution in [3.8, 4) is 0 Å². The Morgan fingerprint density at radius 3 is 2.74 bits per heavy atom. The van der Waals surface area contributed by atoms with Crippen LogP contribution >= 0.6 is 15.9 Å². The highest BCUT2D eigenvalue weighted by Gasteiger charge is 2.15. The van der Waals surface area contributed by atoms with Gasteiger partial charge in [0.15, 0.2) is 0 Å². The SMILES string of the molecule is COC(=O)Cn1c(=O)oc(=O)c2cc(C)cc(Br)c21. The molecule has 0 unspecified atom stereocenters. The molecule has 1 aromatic heterocycles. The molecule has 100 valence electrons. The van der Waals surface area contributed by atoms with Gasteiger partial charge in [0, 0.05) is 4.47 Å². The third-order valence-electron chi connectivity index (χ3n) is 2.61. The van der Waals surface area contributed by atoms with Crippen LogP contribution in [0.3, 0.4) is 0 Å². The van der Waals surface area contributed by atoms with Crippen molar-refractivity contribution in [2.45, 2.75) is 13.5 Å². The van der Waals surface area contributed by atoms with Crippen molar-refractivity contribution in [1.82, 2.24) is 4.57 Å². The quantitative estimate of drug-likeness (QED) is 0.774. The Morgan fingerprint density at radius 2 is 2.11 bits per heavy atom. The van der Waals surface area contributed by atoms with Crippen molar-refractivity contribution in [3.63, 3.8) is 0 Å². The number of rotatable bonds is 2. The largest absolute Gasteiger partial charge is 0.468 e. The summed E-state index contributed by atoms with van der Waals surface area (Å²) in [6.45, 7) is 1.48. The number of ether oxygens (including phenoxy) is 1. The molecule has 6 nitrogen and oxygen atoms in total. The fourth-order valence-electron chi connectivity index (χ4n) is 1.78. The minimum Gasteiger partial charge on any atom is -0.468 e. The molecule has 0 saturated carbocycles. The smallest absolute Gasteiger partial charge is 0.422 e. The van der Waals surface area contributed by atoms with E-state index >= 15 is 0 Å². The van der Waals surface area contributed by atoms with Gasteiger partial charge in [0.2, 0.25) is 0 Å². The van der Waals surface area contributed by atoms with E-state index in [0.29, 0.717) is 9.99 Å². The third-order valence-corrected chi connectivity index (χ3v) is 3.22. The fraction of sp³-hybridized carbons (Fsp3) is 0.250. The van der Waals surface area contributed by atoms with Crippen molar-refractivity contribution < 1.29 is 13.9 Å². The average Bonchev–Trinajstić information content (AvgIpc) is 2.34. The van der Waals surface area contributed by atoms with E-state index in [2.05, 4.69) is 25.1 Å². The molecular formula is C12H10BrNO5. The Bertz CT molecular complexity index is 774. The first-order chi connectivity index (χ1) is 8.93. The van der Waals surface area contributed by atoms with Crippen LogP contribution in [0.5, 0.6) is 0 Å². The summed E-state index contributed by atoms with van der Waals surface area (Å²) in [5, 5.41) is 0.232. The number of hydrogen-bond acceptors (Lipinski definition) is 5. The van der Waals surface area contributed by atoms with Gasteiger partial charge in [-0.05, 0) is 40.5 Å². The number of fused-ring (bicyclic) bond motifs is 1. The predicted octanol–water partition coefficient (Wildman–Crippen LogP) is 1.20. The average molecular weight is 328 g/mol. The van der Waals surface area contributed by atoms with Crippen LogP contribution in [0.15, 0.2) is 30.6 Å². The van der Waals surface area contributed by atoms with Gasteiger partial charge in [-0.1, -0.05) is 0 Å². The number of halogens is 1. The number of carbonyl (C=O) groups excluding carboxylic acids is 1. The van der Waals surface area contributed by atoms with Gasteiger partial charge < -0.3 is 9.15 Å². The molecule has 7 heteroatoms. The number of nitrogens with zero attached hydrogens (tertiary/aromatic N) is 1. The number of benzene rings is 1. The lowest BCUT2D eigenvalue weighted by Crippen LogP contribution is -2.28. The van der Waals surface area contributed by atoms with Gasteiger partial charge in [0.05, 0.1) is 18.0 Å². The van der Waals surface area contributed by atoms with E-state index in [0.717, 1.165) is 10.1 Å². The molecule has 0 spiro atoms. The Morgan fingerprint density at radius 1 is 1.42 bits per heavy atom. The number of carbonyl (C=O) groups is 1. The van der Waals surface area contributed by atoms with E-state index in [1.807, 2.05) is 0 Å². The summed E-state index contributed by atoms with van der Waals surface area (Å²) in [5.41, 5.74) is 0.415. The Kier molecular flexibility index (Phi) is 3.57. The first-order valence-electron chi connectivity index (χ1n) is 5.34. The van der Waals surface area contributed by atoms with Crippen molar-refractivity contribution in [2.24, 2.45) is 0 Å². The molecule has 0 aliphatic carbocycles. The van der Waals surface area contributed by atoms with Gasteiger partial charge in [-0.25, -0.2) is 9.59 Å².